The Balaban J connectivity index is 1.84. The summed E-state index contributed by atoms with van der Waals surface area (Å²) in [5.74, 6) is 0. The van der Waals surface area contributed by atoms with Crippen LogP contribution in [0.2, 0.25) is 0 Å². The van der Waals surface area contributed by atoms with Crippen LogP contribution in [0.15, 0.2) is 60.1 Å². The molecular formula is C21H23BO2. The van der Waals surface area contributed by atoms with Gasteiger partial charge in [0.15, 0.2) is 0 Å². The molecule has 1 aliphatic carbocycles. The Labute approximate surface area is 144 Å². The van der Waals surface area contributed by atoms with E-state index < -0.39 is 0 Å². The lowest BCUT2D eigenvalue weighted by molar-refractivity contribution is 0.00578. The molecule has 0 unspecified atom stereocenters. The highest BCUT2D eigenvalue weighted by Crippen LogP contribution is 2.44. The van der Waals surface area contributed by atoms with Gasteiger partial charge in [-0.2, -0.15) is 0 Å². The average Bonchev–Trinajstić information content (AvgIpc) is 3.03. The summed E-state index contributed by atoms with van der Waals surface area (Å²) >= 11 is 0. The first-order chi connectivity index (χ1) is 11.4. The molecule has 2 aromatic rings. The first-order valence-electron chi connectivity index (χ1n) is 8.61. The lowest BCUT2D eigenvalue weighted by Crippen LogP contribution is -2.41. The Morgan fingerprint density at radius 3 is 2.04 bits per heavy atom. The van der Waals surface area contributed by atoms with Crippen LogP contribution in [0.25, 0.3) is 5.57 Å². The van der Waals surface area contributed by atoms with Gasteiger partial charge in [-0.3, -0.25) is 0 Å². The van der Waals surface area contributed by atoms with Crippen LogP contribution >= 0.6 is 0 Å². The lowest BCUT2D eigenvalue weighted by atomic mass is 9.74. The lowest BCUT2D eigenvalue weighted by Gasteiger charge is -2.32. The van der Waals surface area contributed by atoms with Crippen LogP contribution in [0, 0.1) is 0 Å². The van der Waals surface area contributed by atoms with Crippen LogP contribution in [-0.4, -0.2) is 18.3 Å². The molecule has 4 rings (SSSR count). The highest BCUT2D eigenvalue weighted by Gasteiger charge is 2.53. The molecule has 1 heterocycles. The van der Waals surface area contributed by atoms with Crippen molar-refractivity contribution in [1.29, 1.82) is 0 Å². The molecule has 2 aliphatic rings. The Kier molecular flexibility index (Phi) is 3.49. The zero-order valence-electron chi connectivity index (χ0n) is 14.8. The van der Waals surface area contributed by atoms with Gasteiger partial charge in [0.05, 0.1) is 11.2 Å². The third-order valence-electron chi connectivity index (χ3n) is 5.59. The molecule has 0 amide bonds. The van der Waals surface area contributed by atoms with Crippen molar-refractivity contribution in [2.75, 3.05) is 0 Å². The molecule has 0 spiro atoms. The van der Waals surface area contributed by atoms with Crippen LogP contribution in [0.4, 0.5) is 0 Å². The van der Waals surface area contributed by atoms with E-state index in [1.54, 1.807) is 0 Å². The van der Waals surface area contributed by atoms with Crippen molar-refractivity contribution in [2.45, 2.75) is 45.3 Å². The van der Waals surface area contributed by atoms with E-state index in [1.807, 2.05) is 0 Å². The predicted molar refractivity (Wildman–Crippen MR) is 98.7 cm³/mol. The van der Waals surface area contributed by atoms with E-state index in [-0.39, 0.29) is 18.3 Å². The molecule has 24 heavy (non-hydrogen) atoms. The Morgan fingerprint density at radius 2 is 1.38 bits per heavy atom. The topological polar surface area (TPSA) is 18.5 Å². The van der Waals surface area contributed by atoms with E-state index in [0.29, 0.717) is 0 Å². The van der Waals surface area contributed by atoms with Gasteiger partial charge in [0.2, 0.25) is 0 Å². The first-order valence-corrected chi connectivity index (χ1v) is 8.61. The number of rotatable bonds is 2. The maximum absolute atomic E-state index is 6.35. The van der Waals surface area contributed by atoms with Crippen LogP contribution in [0.1, 0.15) is 44.4 Å². The minimum absolute atomic E-state index is 0.294. The molecule has 1 saturated heterocycles. The zero-order chi connectivity index (χ0) is 16.9. The van der Waals surface area contributed by atoms with E-state index in [0.717, 1.165) is 6.42 Å². The molecule has 122 valence electrons. The van der Waals surface area contributed by atoms with Crippen LogP contribution < -0.4 is 0 Å². The Bertz CT molecular complexity index is 790. The van der Waals surface area contributed by atoms with Crippen molar-refractivity contribution in [2.24, 2.45) is 0 Å². The Morgan fingerprint density at radius 1 is 0.792 bits per heavy atom. The second kappa shape index (κ2) is 5.33. The minimum Gasteiger partial charge on any atom is -0.400 e. The second-order valence-electron chi connectivity index (χ2n) is 7.69. The monoisotopic (exact) mass is 318 g/mol. The van der Waals surface area contributed by atoms with Gasteiger partial charge >= 0.3 is 7.12 Å². The SMILES string of the molecule is CC1(C)OB(C2=C(c3ccccc3)c3ccccc3C2)OC1(C)C. The van der Waals surface area contributed by atoms with Gasteiger partial charge in [-0.15, -0.1) is 0 Å². The zero-order valence-corrected chi connectivity index (χ0v) is 14.8. The standard InChI is InChI=1S/C21H23BO2/c1-20(2)21(3,4)24-22(23-20)18-14-16-12-8-9-13-17(16)19(18)15-10-6-5-7-11-15/h5-13H,14H2,1-4H3. The number of allylic oxidation sites excluding steroid dienone is 1. The molecule has 0 atom stereocenters. The average molecular weight is 318 g/mol. The van der Waals surface area contributed by atoms with E-state index in [1.165, 1.54) is 27.7 Å². The minimum atomic E-state index is -0.318. The number of fused-ring (bicyclic) bond motifs is 1. The molecule has 0 saturated carbocycles. The number of hydrogen-bond donors (Lipinski definition) is 0. The summed E-state index contributed by atoms with van der Waals surface area (Å²) in [5.41, 5.74) is 5.75. The molecule has 2 aromatic carbocycles. The maximum Gasteiger partial charge on any atom is 0.491 e. The van der Waals surface area contributed by atoms with Crippen molar-refractivity contribution in [3.63, 3.8) is 0 Å². The fourth-order valence-electron chi connectivity index (χ4n) is 3.52. The predicted octanol–water partition coefficient (Wildman–Crippen LogP) is 4.68. The van der Waals surface area contributed by atoms with Crippen molar-refractivity contribution >= 4 is 12.7 Å². The summed E-state index contributed by atoms with van der Waals surface area (Å²) < 4.78 is 12.7. The molecule has 0 aromatic heterocycles. The van der Waals surface area contributed by atoms with Gasteiger partial charge in [0, 0.05) is 0 Å². The number of benzene rings is 2. The van der Waals surface area contributed by atoms with Crippen molar-refractivity contribution in [3.8, 4) is 0 Å². The summed E-state index contributed by atoms with van der Waals surface area (Å²) in [7, 11) is -0.294. The van der Waals surface area contributed by atoms with Crippen molar-refractivity contribution in [1.82, 2.24) is 0 Å². The fraction of sp³-hybridized carbons (Fsp3) is 0.333. The second-order valence-corrected chi connectivity index (χ2v) is 7.69. The first kappa shape index (κ1) is 15.7. The quantitative estimate of drug-likeness (QED) is 0.749. The van der Waals surface area contributed by atoms with E-state index >= 15 is 0 Å². The summed E-state index contributed by atoms with van der Waals surface area (Å²) in [6.45, 7) is 8.44. The molecule has 0 bridgehead atoms. The molecule has 1 fully saturated rings. The molecule has 2 nitrogen and oxygen atoms in total. The van der Waals surface area contributed by atoms with Crippen LogP contribution in [0.5, 0.6) is 0 Å². The molecule has 3 heteroatoms. The van der Waals surface area contributed by atoms with Crippen molar-refractivity contribution in [3.05, 3.63) is 76.8 Å². The largest absolute Gasteiger partial charge is 0.491 e. The van der Waals surface area contributed by atoms with Gasteiger partial charge in [0.25, 0.3) is 0 Å². The van der Waals surface area contributed by atoms with E-state index in [4.69, 9.17) is 9.31 Å². The third kappa shape index (κ3) is 2.35. The summed E-state index contributed by atoms with van der Waals surface area (Å²) in [5, 5.41) is 0. The molecule has 0 radical (unpaired) electrons. The van der Waals surface area contributed by atoms with E-state index in [2.05, 4.69) is 82.3 Å². The van der Waals surface area contributed by atoms with Gasteiger partial charge in [-0.1, -0.05) is 54.6 Å². The molecule has 0 N–H and O–H groups in total. The molecular weight excluding hydrogens is 295 g/mol. The summed E-state index contributed by atoms with van der Waals surface area (Å²) in [6.07, 6.45) is 0.886. The van der Waals surface area contributed by atoms with Gasteiger partial charge in [0.1, 0.15) is 0 Å². The summed E-state index contributed by atoms with van der Waals surface area (Å²) in [6, 6.07) is 19.2. The van der Waals surface area contributed by atoms with Crippen molar-refractivity contribution < 1.29 is 9.31 Å². The van der Waals surface area contributed by atoms with Gasteiger partial charge in [-0.05, 0) is 61.9 Å². The van der Waals surface area contributed by atoms with Crippen LogP contribution in [0.3, 0.4) is 0 Å². The summed E-state index contributed by atoms with van der Waals surface area (Å²) in [4.78, 5) is 0. The molecule has 1 aliphatic heterocycles. The third-order valence-corrected chi connectivity index (χ3v) is 5.59. The van der Waals surface area contributed by atoms with E-state index in [9.17, 15) is 0 Å². The Hall–Kier alpha value is -1.84. The highest BCUT2D eigenvalue weighted by molar-refractivity contribution is 6.57. The highest BCUT2D eigenvalue weighted by atomic mass is 16.7. The van der Waals surface area contributed by atoms with Gasteiger partial charge < -0.3 is 9.31 Å². The fourth-order valence-corrected chi connectivity index (χ4v) is 3.52. The smallest absolute Gasteiger partial charge is 0.400 e. The number of hydrogen-bond acceptors (Lipinski definition) is 2. The van der Waals surface area contributed by atoms with Gasteiger partial charge in [-0.25, -0.2) is 0 Å². The maximum atomic E-state index is 6.35. The van der Waals surface area contributed by atoms with Crippen LogP contribution in [-0.2, 0) is 15.7 Å². The normalized spacial score (nSPS) is 21.2.